The Balaban J connectivity index is 1.47. The molecule has 3 aromatic carbocycles. The van der Waals surface area contributed by atoms with Gasteiger partial charge in [-0.15, -0.1) is 0 Å². The first kappa shape index (κ1) is 29.5. The largest absolute Gasteiger partial charge is 0.465 e. The number of aromatic amines is 2. The zero-order valence-corrected chi connectivity index (χ0v) is 24.1. The van der Waals surface area contributed by atoms with Gasteiger partial charge in [-0.1, -0.05) is 18.2 Å². The van der Waals surface area contributed by atoms with Crippen molar-refractivity contribution in [1.82, 2.24) is 20.4 Å². The molecule has 12 heteroatoms. The monoisotopic (exact) mass is 594 g/mol. The Hall–Kier alpha value is -6.04. The predicted molar refractivity (Wildman–Crippen MR) is 158 cm³/mol. The minimum absolute atomic E-state index is 0.189. The van der Waals surface area contributed by atoms with Gasteiger partial charge in [-0.25, -0.2) is 19.2 Å². The van der Waals surface area contributed by atoms with Gasteiger partial charge in [0.1, 0.15) is 0 Å². The molecular formula is C32H26N4O8. The number of rotatable bonds is 8. The second-order valence-electron chi connectivity index (χ2n) is 9.48. The summed E-state index contributed by atoms with van der Waals surface area (Å²) in [6, 6.07) is 20.3. The van der Waals surface area contributed by atoms with Crippen LogP contribution in [-0.4, -0.2) is 72.7 Å². The van der Waals surface area contributed by atoms with Crippen LogP contribution in [0.2, 0.25) is 0 Å². The molecule has 12 nitrogen and oxygen atoms in total. The van der Waals surface area contributed by atoms with E-state index in [2.05, 4.69) is 20.4 Å². The third-order valence-electron chi connectivity index (χ3n) is 6.78. The summed E-state index contributed by atoms with van der Waals surface area (Å²) in [7, 11) is 5.04. The third-order valence-corrected chi connectivity index (χ3v) is 6.78. The number of benzene rings is 3. The second kappa shape index (κ2) is 12.4. The molecule has 0 radical (unpaired) electrons. The number of H-pyrrole nitrogens is 2. The van der Waals surface area contributed by atoms with Crippen LogP contribution in [0.1, 0.15) is 41.4 Å². The molecule has 0 aliphatic rings. The lowest BCUT2D eigenvalue weighted by atomic mass is 10.0. The zero-order chi connectivity index (χ0) is 31.4. The first-order valence-corrected chi connectivity index (χ1v) is 13.1. The molecule has 0 fully saturated rings. The van der Waals surface area contributed by atoms with Crippen LogP contribution in [0.25, 0.3) is 45.0 Å². The van der Waals surface area contributed by atoms with Gasteiger partial charge in [-0.05, 0) is 54.6 Å². The standard InChI is InChI=1S/C32H26N4O8/c1-41-29(37)21-9-19(10-22(13-21)30(38)42-2)27-15-25(33-35-27)17-6-5-7-18(8-17)26-16-28(36-34-26)20-11-23(31(39)43-3)14-24(12-20)32(40)44-4/h5-16H,1-4H3,(H,33,35)(H,34,36). The molecule has 2 N–H and O–H groups in total. The summed E-state index contributed by atoms with van der Waals surface area (Å²) >= 11 is 0. The van der Waals surface area contributed by atoms with Gasteiger partial charge in [0, 0.05) is 22.3 Å². The van der Waals surface area contributed by atoms with Crippen molar-refractivity contribution in [2.45, 2.75) is 0 Å². The van der Waals surface area contributed by atoms with Crippen molar-refractivity contribution < 1.29 is 38.1 Å². The fourth-order valence-electron chi connectivity index (χ4n) is 4.58. The highest BCUT2D eigenvalue weighted by atomic mass is 16.5. The van der Waals surface area contributed by atoms with E-state index in [1.54, 1.807) is 36.4 Å². The number of carbonyl (C=O) groups is 4. The number of hydrogen-bond acceptors (Lipinski definition) is 10. The van der Waals surface area contributed by atoms with Crippen LogP contribution in [0.4, 0.5) is 0 Å². The van der Waals surface area contributed by atoms with Gasteiger partial charge in [0.15, 0.2) is 0 Å². The molecule has 0 amide bonds. The SMILES string of the molecule is COC(=O)c1cc(C(=O)OC)cc(-c2cc(-c3cccc(-c4cc(-c5cc(C(=O)OC)cc(C(=O)OC)c5)[nH]n4)c3)n[nH]2)c1. The maximum Gasteiger partial charge on any atom is 0.337 e. The molecule has 0 saturated heterocycles. The molecule has 2 heterocycles. The van der Waals surface area contributed by atoms with E-state index >= 15 is 0 Å². The Morgan fingerprint density at radius 3 is 1.14 bits per heavy atom. The first-order chi connectivity index (χ1) is 21.2. The lowest BCUT2D eigenvalue weighted by Gasteiger charge is -2.06. The maximum atomic E-state index is 12.2. The summed E-state index contributed by atoms with van der Waals surface area (Å²) in [5.41, 5.74) is 5.72. The number of nitrogens with one attached hydrogen (secondary N) is 2. The van der Waals surface area contributed by atoms with Crippen LogP contribution in [0.5, 0.6) is 0 Å². The van der Waals surface area contributed by atoms with E-state index < -0.39 is 23.9 Å². The quantitative estimate of drug-likeness (QED) is 0.186. The van der Waals surface area contributed by atoms with Gasteiger partial charge in [-0.3, -0.25) is 10.2 Å². The average Bonchev–Trinajstić information content (AvgIpc) is 3.78. The number of ether oxygens (including phenoxy) is 4. The van der Waals surface area contributed by atoms with E-state index in [1.807, 2.05) is 24.3 Å². The van der Waals surface area contributed by atoms with Crippen molar-refractivity contribution >= 4 is 23.9 Å². The number of carbonyl (C=O) groups excluding carboxylic acids is 4. The van der Waals surface area contributed by atoms with E-state index in [9.17, 15) is 19.2 Å². The summed E-state index contributed by atoms with van der Waals surface area (Å²) < 4.78 is 19.3. The van der Waals surface area contributed by atoms with Crippen LogP contribution in [-0.2, 0) is 18.9 Å². The molecule has 0 aliphatic heterocycles. The number of methoxy groups -OCH3 is 4. The Labute approximate surface area is 250 Å². The number of esters is 4. The van der Waals surface area contributed by atoms with Gasteiger partial charge in [0.2, 0.25) is 0 Å². The summed E-state index contributed by atoms with van der Waals surface area (Å²) in [4.78, 5) is 48.9. The zero-order valence-electron chi connectivity index (χ0n) is 24.1. The third kappa shape index (κ3) is 5.95. The molecule has 0 unspecified atom stereocenters. The molecular weight excluding hydrogens is 568 g/mol. The highest BCUT2D eigenvalue weighted by Crippen LogP contribution is 2.31. The van der Waals surface area contributed by atoms with Gasteiger partial charge < -0.3 is 18.9 Å². The molecule has 5 aromatic rings. The smallest absolute Gasteiger partial charge is 0.337 e. The molecule has 2 aromatic heterocycles. The highest BCUT2D eigenvalue weighted by molar-refractivity contribution is 5.98. The predicted octanol–water partition coefficient (Wildman–Crippen LogP) is 4.95. The van der Waals surface area contributed by atoms with Crippen LogP contribution in [0.15, 0.2) is 72.8 Å². The van der Waals surface area contributed by atoms with Crippen LogP contribution in [0, 0.1) is 0 Å². The van der Waals surface area contributed by atoms with Crippen LogP contribution >= 0.6 is 0 Å². The van der Waals surface area contributed by atoms with Crippen molar-refractivity contribution in [1.29, 1.82) is 0 Å². The second-order valence-corrected chi connectivity index (χ2v) is 9.48. The Morgan fingerprint density at radius 2 is 0.818 bits per heavy atom. The van der Waals surface area contributed by atoms with E-state index in [1.165, 1.54) is 40.6 Å². The Bertz CT molecular complexity index is 1700. The van der Waals surface area contributed by atoms with E-state index in [0.29, 0.717) is 33.9 Å². The molecule has 0 bridgehead atoms. The fraction of sp³-hybridized carbons (Fsp3) is 0.125. The molecule has 0 spiro atoms. The summed E-state index contributed by atoms with van der Waals surface area (Å²) in [6.07, 6.45) is 0. The lowest BCUT2D eigenvalue weighted by molar-refractivity contribution is 0.0581. The Kier molecular flexibility index (Phi) is 8.33. The van der Waals surface area contributed by atoms with E-state index in [0.717, 1.165) is 11.1 Å². The van der Waals surface area contributed by atoms with E-state index in [4.69, 9.17) is 18.9 Å². The molecule has 0 saturated carbocycles. The molecule has 44 heavy (non-hydrogen) atoms. The topological polar surface area (TPSA) is 163 Å². The van der Waals surface area contributed by atoms with Gasteiger partial charge in [0.05, 0.1) is 73.5 Å². The van der Waals surface area contributed by atoms with Crippen molar-refractivity contribution in [3.63, 3.8) is 0 Å². The number of hydrogen-bond donors (Lipinski definition) is 2. The van der Waals surface area contributed by atoms with Gasteiger partial charge >= 0.3 is 23.9 Å². The van der Waals surface area contributed by atoms with Crippen molar-refractivity contribution in [2.75, 3.05) is 28.4 Å². The molecule has 0 atom stereocenters. The van der Waals surface area contributed by atoms with Crippen molar-refractivity contribution in [2.24, 2.45) is 0 Å². The molecule has 222 valence electrons. The van der Waals surface area contributed by atoms with Crippen molar-refractivity contribution in [3.8, 4) is 45.0 Å². The maximum absolute atomic E-state index is 12.2. The highest BCUT2D eigenvalue weighted by Gasteiger charge is 2.18. The average molecular weight is 595 g/mol. The summed E-state index contributed by atoms with van der Waals surface area (Å²) in [5, 5.41) is 14.8. The normalized spacial score (nSPS) is 10.6. The molecule has 5 rings (SSSR count). The van der Waals surface area contributed by atoms with Crippen molar-refractivity contribution in [3.05, 3.63) is 95.1 Å². The summed E-state index contributed by atoms with van der Waals surface area (Å²) in [5.74, 6) is -2.38. The first-order valence-electron chi connectivity index (χ1n) is 13.1. The number of nitrogens with zero attached hydrogens (tertiary/aromatic N) is 2. The van der Waals surface area contributed by atoms with Crippen LogP contribution < -0.4 is 0 Å². The fourth-order valence-corrected chi connectivity index (χ4v) is 4.58. The van der Waals surface area contributed by atoms with E-state index in [-0.39, 0.29) is 22.3 Å². The minimum atomic E-state index is -0.596. The Morgan fingerprint density at radius 1 is 0.477 bits per heavy atom. The summed E-state index contributed by atoms with van der Waals surface area (Å²) in [6.45, 7) is 0. The lowest BCUT2D eigenvalue weighted by Crippen LogP contribution is -2.07. The molecule has 0 aliphatic carbocycles. The van der Waals surface area contributed by atoms with Gasteiger partial charge in [0.25, 0.3) is 0 Å². The van der Waals surface area contributed by atoms with Gasteiger partial charge in [-0.2, -0.15) is 10.2 Å². The minimum Gasteiger partial charge on any atom is -0.465 e. The van der Waals surface area contributed by atoms with Crippen LogP contribution in [0.3, 0.4) is 0 Å². The number of aromatic nitrogens is 4.